The number of hydrogen-bond donors (Lipinski definition) is 2. The number of carbonyl (C=O) groups is 1. The Bertz CT molecular complexity index is 959. The van der Waals surface area contributed by atoms with Gasteiger partial charge in [-0.1, -0.05) is 29.8 Å². The zero-order valence-corrected chi connectivity index (χ0v) is 16.4. The Balaban J connectivity index is 1.38. The van der Waals surface area contributed by atoms with Crippen molar-refractivity contribution < 1.29 is 4.79 Å². The molecule has 1 aliphatic rings. The fourth-order valence-corrected chi connectivity index (χ4v) is 3.77. The molecule has 1 fully saturated rings. The molecular weight excluding hydrogens is 352 g/mol. The highest BCUT2D eigenvalue weighted by atomic mass is 16.1. The third kappa shape index (κ3) is 3.99. The Morgan fingerprint density at radius 1 is 1.36 bits per heavy atom. The van der Waals surface area contributed by atoms with Crippen molar-refractivity contribution in [2.45, 2.75) is 39.4 Å². The van der Waals surface area contributed by atoms with E-state index in [4.69, 9.17) is 0 Å². The number of aryl methyl sites for hydroxylation is 2. The number of nitrogens with one attached hydrogen (secondary N) is 2. The number of carbonyl (C=O) groups excluding carboxylic acids is 1. The second kappa shape index (κ2) is 7.98. The molecule has 1 atom stereocenters. The molecule has 0 spiro atoms. The molecule has 3 aromatic rings. The summed E-state index contributed by atoms with van der Waals surface area (Å²) in [6.45, 7) is 7.69. The zero-order chi connectivity index (χ0) is 19.5. The summed E-state index contributed by atoms with van der Waals surface area (Å²) < 4.78 is 1.83. The lowest BCUT2D eigenvalue weighted by molar-refractivity contribution is 0.0938. The van der Waals surface area contributed by atoms with E-state index in [1.54, 1.807) is 12.4 Å². The average molecular weight is 378 g/mol. The lowest BCUT2D eigenvalue weighted by Crippen LogP contribution is -2.37. The molecule has 0 bridgehead atoms. The van der Waals surface area contributed by atoms with Crippen LogP contribution in [0, 0.1) is 6.92 Å². The van der Waals surface area contributed by atoms with Crippen LogP contribution in [0.2, 0.25) is 0 Å². The van der Waals surface area contributed by atoms with E-state index in [0.717, 1.165) is 38.2 Å². The fraction of sp³-hybridized carbons (Fsp3) is 0.381. The van der Waals surface area contributed by atoms with Gasteiger partial charge in [-0.25, -0.2) is 0 Å². The van der Waals surface area contributed by atoms with Gasteiger partial charge >= 0.3 is 0 Å². The minimum Gasteiger partial charge on any atom is -0.348 e. The van der Waals surface area contributed by atoms with Gasteiger partial charge in [-0.15, -0.1) is 0 Å². The quantitative estimate of drug-likeness (QED) is 0.691. The molecule has 146 valence electrons. The number of nitrogens with zero attached hydrogens (tertiary/aromatic N) is 4. The summed E-state index contributed by atoms with van der Waals surface area (Å²) >= 11 is 0. The molecule has 1 amide bonds. The Morgan fingerprint density at radius 3 is 3.04 bits per heavy atom. The first-order chi connectivity index (χ1) is 13.6. The molecule has 1 unspecified atom stereocenters. The van der Waals surface area contributed by atoms with E-state index in [2.05, 4.69) is 56.7 Å². The van der Waals surface area contributed by atoms with Crippen LogP contribution in [0.3, 0.4) is 0 Å². The SMILES string of the molecule is CCn1cc(-c2[nH]ncc2C(=O)NC2CCN(Cc3cccc(C)c3)C2)cn1. The van der Waals surface area contributed by atoms with Crippen LogP contribution in [0.4, 0.5) is 0 Å². The minimum absolute atomic E-state index is 0.0876. The Morgan fingerprint density at radius 2 is 2.25 bits per heavy atom. The van der Waals surface area contributed by atoms with Crippen LogP contribution in [0.15, 0.2) is 42.9 Å². The number of benzene rings is 1. The first-order valence-corrected chi connectivity index (χ1v) is 9.77. The minimum atomic E-state index is -0.0876. The molecular formula is C21H26N6O. The van der Waals surface area contributed by atoms with Gasteiger partial charge in [0.1, 0.15) is 0 Å². The summed E-state index contributed by atoms with van der Waals surface area (Å²) in [5, 5.41) is 14.5. The molecule has 1 aliphatic heterocycles. The van der Waals surface area contributed by atoms with E-state index in [0.29, 0.717) is 11.3 Å². The van der Waals surface area contributed by atoms with Crippen LogP contribution in [-0.4, -0.2) is 49.9 Å². The maximum Gasteiger partial charge on any atom is 0.255 e. The molecule has 1 saturated heterocycles. The van der Waals surface area contributed by atoms with Crippen molar-refractivity contribution in [1.29, 1.82) is 0 Å². The summed E-state index contributed by atoms with van der Waals surface area (Å²) in [7, 11) is 0. The van der Waals surface area contributed by atoms with E-state index < -0.39 is 0 Å². The third-order valence-electron chi connectivity index (χ3n) is 5.23. The summed E-state index contributed by atoms with van der Waals surface area (Å²) in [5.74, 6) is -0.0876. The molecule has 0 aliphatic carbocycles. The largest absolute Gasteiger partial charge is 0.348 e. The van der Waals surface area contributed by atoms with Gasteiger partial charge in [-0.2, -0.15) is 10.2 Å². The van der Waals surface area contributed by atoms with E-state index >= 15 is 0 Å². The highest BCUT2D eigenvalue weighted by molar-refractivity contribution is 5.99. The van der Waals surface area contributed by atoms with Crippen molar-refractivity contribution in [3.05, 3.63) is 59.5 Å². The lowest BCUT2D eigenvalue weighted by Gasteiger charge is -2.17. The van der Waals surface area contributed by atoms with Crippen LogP contribution in [0.5, 0.6) is 0 Å². The average Bonchev–Trinajstić information content (AvgIpc) is 3.42. The number of H-pyrrole nitrogens is 1. The first kappa shape index (κ1) is 18.4. The van der Waals surface area contributed by atoms with E-state index in [9.17, 15) is 4.79 Å². The van der Waals surface area contributed by atoms with Crippen molar-refractivity contribution in [3.63, 3.8) is 0 Å². The second-order valence-electron chi connectivity index (χ2n) is 7.43. The normalized spacial score (nSPS) is 17.1. The molecule has 3 heterocycles. The van der Waals surface area contributed by atoms with E-state index in [1.807, 2.05) is 17.8 Å². The number of hydrogen-bond acceptors (Lipinski definition) is 4. The number of rotatable bonds is 6. The van der Waals surface area contributed by atoms with Gasteiger partial charge in [-0.3, -0.25) is 19.5 Å². The van der Waals surface area contributed by atoms with Gasteiger partial charge < -0.3 is 5.32 Å². The first-order valence-electron chi connectivity index (χ1n) is 9.77. The van der Waals surface area contributed by atoms with Crippen LogP contribution in [0.25, 0.3) is 11.3 Å². The van der Waals surface area contributed by atoms with Crippen LogP contribution < -0.4 is 5.32 Å². The van der Waals surface area contributed by atoms with Gasteiger partial charge in [0.05, 0.1) is 23.7 Å². The number of aromatic nitrogens is 4. The predicted molar refractivity (Wildman–Crippen MR) is 108 cm³/mol. The highest BCUT2D eigenvalue weighted by Crippen LogP contribution is 2.21. The van der Waals surface area contributed by atoms with Crippen molar-refractivity contribution in [3.8, 4) is 11.3 Å². The molecule has 1 aromatic carbocycles. The van der Waals surface area contributed by atoms with E-state index in [1.165, 1.54) is 11.1 Å². The van der Waals surface area contributed by atoms with Crippen molar-refractivity contribution in [2.75, 3.05) is 13.1 Å². The molecule has 4 rings (SSSR count). The summed E-state index contributed by atoms with van der Waals surface area (Å²) in [5.41, 5.74) is 4.74. The molecule has 2 N–H and O–H groups in total. The fourth-order valence-electron chi connectivity index (χ4n) is 3.77. The summed E-state index contributed by atoms with van der Waals surface area (Å²) in [4.78, 5) is 15.2. The molecule has 0 saturated carbocycles. The van der Waals surface area contributed by atoms with Crippen LogP contribution in [-0.2, 0) is 13.1 Å². The highest BCUT2D eigenvalue weighted by Gasteiger charge is 2.26. The monoisotopic (exact) mass is 378 g/mol. The number of amides is 1. The van der Waals surface area contributed by atoms with Crippen molar-refractivity contribution in [1.82, 2.24) is 30.2 Å². The van der Waals surface area contributed by atoms with E-state index in [-0.39, 0.29) is 11.9 Å². The Labute approximate surface area is 164 Å². The summed E-state index contributed by atoms with van der Waals surface area (Å²) in [6, 6.07) is 8.75. The molecule has 2 aromatic heterocycles. The van der Waals surface area contributed by atoms with Crippen LogP contribution >= 0.6 is 0 Å². The Kier molecular flexibility index (Phi) is 5.25. The van der Waals surface area contributed by atoms with Crippen LogP contribution in [0.1, 0.15) is 34.8 Å². The second-order valence-corrected chi connectivity index (χ2v) is 7.43. The van der Waals surface area contributed by atoms with Gasteiger partial charge in [0.25, 0.3) is 5.91 Å². The number of likely N-dealkylation sites (tertiary alicyclic amines) is 1. The van der Waals surface area contributed by atoms with Gasteiger partial charge in [0.15, 0.2) is 0 Å². The van der Waals surface area contributed by atoms with Gasteiger partial charge in [-0.05, 0) is 25.8 Å². The standard InChI is InChI=1S/C21H26N6O/c1-3-27-13-17(10-23-27)20-19(11-22-25-20)21(28)24-18-7-8-26(14-18)12-16-6-4-5-15(2)9-16/h4-6,9-11,13,18H,3,7-8,12,14H2,1-2H3,(H,22,25)(H,24,28). The third-order valence-corrected chi connectivity index (χ3v) is 5.23. The molecule has 7 heteroatoms. The van der Waals surface area contributed by atoms with Crippen molar-refractivity contribution in [2.24, 2.45) is 0 Å². The number of aromatic amines is 1. The predicted octanol–water partition coefficient (Wildman–Crippen LogP) is 2.61. The maximum absolute atomic E-state index is 12.8. The van der Waals surface area contributed by atoms with Gasteiger partial charge in [0, 0.05) is 44.0 Å². The lowest BCUT2D eigenvalue weighted by atomic mass is 10.1. The van der Waals surface area contributed by atoms with Gasteiger partial charge in [0.2, 0.25) is 0 Å². The zero-order valence-electron chi connectivity index (χ0n) is 16.4. The summed E-state index contributed by atoms with van der Waals surface area (Å²) in [6.07, 6.45) is 6.22. The topological polar surface area (TPSA) is 78.8 Å². The molecule has 28 heavy (non-hydrogen) atoms. The molecule has 7 nitrogen and oxygen atoms in total. The van der Waals surface area contributed by atoms with Crippen molar-refractivity contribution >= 4 is 5.91 Å². The maximum atomic E-state index is 12.8. The Hall–Kier alpha value is -2.93. The smallest absolute Gasteiger partial charge is 0.255 e. The molecule has 0 radical (unpaired) electrons.